The van der Waals surface area contributed by atoms with Crippen LogP contribution in [0.4, 0.5) is 0 Å². The molecule has 0 aliphatic carbocycles. The maximum atomic E-state index is 8.30. The molecule has 0 atom stereocenters. The zero-order valence-electron chi connectivity index (χ0n) is 18.3. The Balaban J connectivity index is 2.18. The number of rotatable bonds is 6. The molecule has 4 nitrogen and oxygen atoms in total. The Labute approximate surface area is 126 Å². The van der Waals surface area contributed by atoms with Crippen LogP contribution >= 0.6 is 0 Å². The Kier molecular flexibility index (Phi) is 2.96. The monoisotopic (exact) mass is 270 g/mol. The molecule has 0 radical (unpaired) electrons. The molecule has 0 aromatic heterocycles. The van der Waals surface area contributed by atoms with Crippen LogP contribution < -0.4 is 0 Å². The van der Waals surface area contributed by atoms with Crippen LogP contribution in [0.2, 0.25) is 0 Å². The highest BCUT2D eigenvalue weighted by Crippen LogP contribution is 2.14. The SMILES string of the molecule is [2H]C([2H])(CCCCC)OC1=NCN=C1C1=CCCN(C([2H])([2H])[2H])C1([2H])[2H]. The van der Waals surface area contributed by atoms with Gasteiger partial charge >= 0.3 is 0 Å². The fraction of sp³-hybridized carbons (Fsp3) is 0.733. The second kappa shape index (κ2) is 7.43. The fourth-order valence-electron chi connectivity index (χ4n) is 1.89. The Bertz CT molecular complexity index is 611. The molecule has 106 valence electrons. The first-order chi connectivity index (χ1) is 12.0. The van der Waals surface area contributed by atoms with Crippen molar-refractivity contribution in [3.8, 4) is 0 Å². The molecule has 0 amide bonds. The Hall–Kier alpha value is -1.16. The average Bonchev–Trinajstić information content (AvgIpc) is 2.92. The summed E-state index contributed by atoms with van der Waals surface area (Å²) in [6.07, 6.45) is 4.65. The fourth-order valence-corrected chi connectivity index (χ4v) is 1.89. The minimum absolute atomic E-state index is 0.0108. The van der Waals surface area contributed by atoms with Gasteiger partial charge in [-0.2, -0.15) is 0 Å². The molecular formula is C15H25N3O. The zero-order chi connectivity index (χ0) is 19.6. The van der Waals surface area contributed by atoms with Crippen molar-refractivity contribution in [3.05, 3.63) is 11.6 Å². The smallest absolute Gasteiger partial charge is 0.237 e. The van der Waals surface area contributed by atoms with Crippen LogP contribution in [-0.4, -0.2) is 49.8 Å². The molecule has 2 aliphatic rings. The van der Waals surface area contributed by atoms with Crippen molar-refractivity contribution in [2.45, 2.75) is 39.0 Å². The first-order valence-corrected chi connectivity index (χ1v) is 6.76. The molecule has 4 heteroatoms. The van der Waals surface area contributed by atoms with E-state index in [1.54, 1.807) is 6.08 Å². The normalized spacial score (nSPS) is 29.5. The van der Waals surface area contributed by atoms with Crippen molar-refractivity contribution in [2.75, 3.05) is 33.2 Å². The van der Waals surface area contributed by atoms with E-state index in [2.05, 4.69) is 9.98 Å². The summed E-state index contributed by atoms with van der Waals surface area (Å²) >= 11 is 0. The molecule has 2 aliphatic heterocycles. The zero-order valence-corrected chi connectivity index (χ0v) is 11.3. The first kappa shape index (κ1) is 7.58. The molecule has 2 rings (SSSR count). The van der Waals surface area contributed by atoms with E-state index in [0.29, 0.717) is 12.8 Å². The molecule has 2 heterocycles. The maximum Gasteiger partial charge on any atom is 0.237 e. The third kappa shape index (κ3) is 4.16. The second-order valence-electron chi connectivity index (χ2n) is 4.48. The highest BCUT2D eigenvalue weighted by molar-refractivity contribution is 6.46. The van der Waals surface area contributed by atoms with Crippen LogP contribution in [0, 0.1) is 0 Å². The van der Waals surface area contributed by atoms with Gasteiger partial charge in [-0.05, 0) is 25.4 Å². The molecule has 0 N–H and O–H groups in total. The van der Waals surface area contributed by atoms with Crippen molar-refractivity contribution in [2.24, 2.45) is 9.98 Å². The van der Waals surface area contributed by atoms with E-state index in [9.17, 15) is 0 Å². The number of aliphatic imine (C=N–C) groups is 2. The van der Waals surface area contributed by atoms with E-state index in [1.165, 1.54) is 0 Å². The second-order valence-corrected chi connectivity index (χ2v) is 4.48. The topological polar surface area (TPSA) is 37.2 Å². The standard InChI is InChI=1S/C15H25N3O/c1-3-4-5-6-10-19-15-14(16-12-17-15)13-8-7-9-18(2)11-13/h8H,3-7,9-12H2,1-2H3/i2D3,10D2,11D2. The molecule has 0 spiro atoms. The molecule has 0 saturated heterocycles. The summed E-state index contributed by atoms with van der Waals surface area (Å²) in [6, 6.07) is 0. The predicted molar refractivity (Wildman–Crippen MR) is 80.0 cm³/mol. The lowest BCUT2D eigenvalue weighted by atomic mass is 10.1. The highest BCUT2D eigenvalue weighted by Gasteiger charge is 2.22. The van der Waals surface area contributed by atoms with Gasteiger partial charge in [0.1, 0.15) is 12.4 Å². The minimum Gasteiger partial charge on any atom is -0.476 e. The quantitative estimate of drug-likeness (QED) is 0.696. The van der Waals surface area contributed by atoms with Crippen LogP contribution in [0.15, 0.2) is 21.6 Å². The molecule has 0 fully saturated rings. The predicted octanol–water partition coefficient (Wildman–Crippen LogP) is 2.66. The minimum atomic E-state index is -2.59. The molecule has 0 bridgehead atoms. The van der Waals surface area contributed by atoms with Crippen molar-refractivity contribution in [3.63, 3.8) is 0 Å². The van der Waals surface area contributed by atoms with Crippen LogP contribution in [0.5, 0.6) is 0 Å². The lowest BCUT2D eigenvalue weighted by Gasteiger charge is -2.23. The lowest BCUT2D eigenvalue weighted by Crippen LogP contribution is -2.31. The summed E-state index contributed by atoms with van der Waals surface area (Å²) in [5, 5.41) is 0. The van der Waals surface area contributed by atoms with E-state index >= 15 is 0 Å². The number of nitrogens with zero attached hydrogens (tertiary/aromatic N) is 3. The lowest BCUT2D eigenvalue weighted by molar-refractivity contribution is 0.298. The van der Waals surface area contributed by atoms with E-state index in [1.807, 2.05) is 6.92 Å². The number of likely N-dealkylation sites (N-methyl/N-ethyl adjacent to an activating group) is 1. The van der Waals surface area contributed by atoms with Gasteiger partial charge in [0.2, 0.25) is 5.90 Å². The molecule has 0 aromatic rings. The number of ether oxygens (including phenoxy) is 1. The van der Waals surface area contributed by atoms with Crippen LogP contribution in [0.3, 0.4) is 0 Å². The Morgan fingerprint density at radius 2 is 2.42 bits per heavy atom. The van der Waals surface area contributed by atoms with Crippen molar-refractivity contribution in [1.82, 2.24) is 4.90 Å². The highest BCUT2D eigenvalue weighted by atomic mass is 16.5. The largest absolute Gasteiger partial charge is 0.476 e. The molecule has 0 unspecified atom stereocenters. The van der Waals surface area contributed by atoms with E-state index in [-0.39, 0.29) is 36.8 Å². The van der Waals surface area contributed by atoms with Crippen LogP contribution in [0.25, 0.3) is 0 Å². The summed E-state index contributed by atoms with van der Waals surface area (Å²) in [6.45, 7) is -4.70. The summed E-state index contributed by atoms with van der Waals surface area (Å²) in [5.41, 5.74) is 0.170. The van der Waals surface area contributed by atoms with Crippen LogP contribution in [0.1, 0.15) is 48.6 Å². The maximum absolute atomic E-state index is 8.30. The molecule has 0 aromatic carbocycles. The Morgan fingerprint density at radius 1 is 1.47 bits per heavy atom. The van der Waals surface area contributed by atoms with Crippen molar-refractivity contribution < 1.29 is 14.3 Å². The molecule has 19 heavy (non-hydrogen) atoms. The van der Waals surface area contributed by atoms with Gasteiger partial charge in [0, 0.05) is 19.9 Å². The van der Waals surface area contributed by atoms with E-state index in [4.69, 9.17) is 14.3 Å². The van der Waals surface area contributed by atoms with Gasteiger partial charge in [-0.3, -0.25) is 4.99 Å². The molecule has 0 saturated carbocycles. The molecular weight excluding hydrogens is 238 g/mol. The first-order valence-electron chi connectivity index (χ1n) is 10.3. The number of hydrogen-bond donors (Lipinski definition) is 0. The summed E-state index contributed by atoms with van der Waals surface area (Å²) in [7, 11) is 0. The summed E-state index contributed by atoms with van der Waals surface area (Å²) < 4.78 is 60.7. The number of hydrogen-bond acceptors (Lipinski definition) is 4. The van der Waals surface area contributed by atoms with Gasteiger partial charge in [-0.1, -0.05) is 32.3 Å². The number of unbranched alkanes of at least 4 members (excludes halogenated alkanes) is 2. The Morgan fingerprint density at radius 3 is 3.26 bits per heavy atom. The average molecular weight is 270 g/mol. The van der Waals surface area contributed by atoms with Crippen molar-refractivity contribution in [1.29, 1.82) is 0 Å². The van der Waals surface area contributed by atoms with Gasteiger partial charge in [0.15, 0.2) is 0 Å². The van der Waals surface area contributed by atoms with E-state index in [0.717, 1.165) is 17.7 Å². The van der Waals surface area contributed by atoms with Gasteiger partial charge in [-0.15, -0.1) is 0 Å². The summed E-state index contributed by atoms with van der Waals surface area (Å²) in [5.74, 6) is -0.0611. The van der Waals surface area contributed by atoms with Gasteiger partial charge < -0.3 is 9.64 Å². The van der Waals surface area contributed by atoms with Gasteiger partial charge in [-0.25, -0.2) is 4.99 Å². The summed E-state index contributed by atoms with van der Waals surface area (Å²) in [4.78, 5) is 8.99. The third-order valence-corrected chi connectivity index (χ3v) is 2.91. The third-order valence-electron chi connectivity index (χ3n) is 2.91. The van der Waals surface area contributed by atoms with Crippen molar-refractivity contribution >= 4 is 11.6 Å². The van der Waals surface area contributed by atoms with Gasteiger partial charge in [0.05, 0.1) is 9.30 Å². The van der Waals surface area contributed by atoms with E-state index < -0.39 is 20.0 Å². The van der Waals surface area contributed by atoms with Crippen LogP contribution in [-0.2, 0) is 4.74 Å². The van der Waals surface area contributed by atoms with Gasteiger partial charge in [0.25, 0.3) is 0 Å².